The van der Waals surface area contributed by atoms with Gasteiger partial charge in [-0.3, -0.25) is 9.69 Å². The molecule has 0 saturated carbocycles. The second kappa shape index (κ2) is 7.71. The molecule has 1 aliphatic heterocycles. The Morgan fingerprint density at radius 3 is 2.88 bits per heavy atom. The molecule has 2 N–H and O–H groups in total. The smallest absolute Gasteiger partial charge is 0.291 e. The molecule has 1 unspecified atom stereocenters. The minimum atomic E-state index is -0.329. The molecule has 25 heavy (non-hydrogen) atoms. The van der Waals surface area contributed by atoms with E-state index in [1.54, 1.807) is 19.1 Å². The highest BCUT2D eigenvalue weighted by atomic mass is 19.1. The van der Waals surface area contributed by atoms with Crippen LogP contribution in [0, 0.1) is 12.7 Å². The van der Waals surface area contributed by atoms with Crippen LogP contribution in [0.15, 0.2) is 24.3 Å². The van der Waals surface area contributed by atoms with Gasteiger partial charge in [-0.1, -0.05) is 0 Å². The maximum atomic E-state index is 13.1. The molecule has 0 radical (unpaired) electrons. The SMILES string of the molecule is Cc1nc(C(=O)NC2CCCN(CCO)C2)nn1-c1ccc(F)cc1. The highest BCUT2D eigenvalue weighted by Crippen LogP contribution is 2.12. The molecule has 134 valence electrons. The summed E-state index contributed by atoms with van der Waals surface area (Å²) in [4.78, 5) is 18.8. The number of likely N-dealkylation sites (tertiary alicyclic amines) is 1. The van der Waals surface area contributed by atoms with E-state index in [1.165, 1.54) is 16.8 Å². The molecule has 1 aliphatic rings. The molecular weight excluding hydrogens is 325 g/mol. The lowest BCUT2D eigenvalue weighted by atomic mass is 10.1. The number of β-amino-alcohol motifs (C(OH)–C–C–N with tert-alkyl or cyclic N) is 1. The predicted molar refractivity (Wildman–Crippen MR) is 90.1 cm³/mol. The third-order valence-corrected chi connectivity index (χ3v) is 4.30. The number of carbonyl (C=O) groups is 1. The molecule has 0 spiro atoms. The van der Waals surface area contributed by atoms with Crippen molar-refractivity contribution in [3.8, 4) is 5.69 Å². The number of benzene rings is 1. The average molecular weight is 347 g/mol. The Kier molecular flexibility index (Phi) is 5.40. The van der Waals surface area contributed by atoms with E-state index in [0.717, 1.165) is 19.4 Å². The number of nitrogens with zero attached hydrogens (tertiary/aromatic N) is 4. The first-order valence-corrected chi connectivity index (χ1v) is 8.40. The van der Waals surface area contributed by atoms with Crippen LogP contribution < -0.4 is 5.32 Å². The van der Waals surface area contributed by atoms with Gasteiger partial charge in [-0.15, -0.1) is 5.10 Å². The number of aromatic nitrogens is 3. The third kappa shape index (κ3) is 4.21. The molecule has 0 bridgehead atoms. The van der Waals surface area contributed by atoms with Crippen LogP contribution in [0.25, 0.3) is 5.69 Å². The Hall–Kier alpha value is -2.32. The number of aryl methyl sites for hydroxylation is 1. The quantitative estimate of drug-likeness (QED) is 0.840. The molecule has 7 nitrogen and oxygen atoms in total. The highest BCUT2D eigenvalue weighted by Gasteiger charge is 2.23. The summed E-state index contributed by atoms with van der Waals surface area (Å²) in [5.41, 5.74) is 0.650. The lowest BCUT2D eigenvalue weighted by molar-refractivity contribution is 0.0883. The maximum absolute atomic E-state index is 13.1. The molecule has 0 aliphatic carbocycles. The van der Waals surface area contributed by atoms with Crippen molar-refractivity contribution in [1.82, 2.24) is 25.0 Å². The number of rotatable bonds is 5. The molecule has 3 rings (SSSR count). The molecule has 1 aromatic heterocycles. The van der Waals surface area contributed by atoms with Gasteiger partial charge in [0.1, 0.15) is 11.6 Å². The van der Waals surface area contributed by atoms with Crippen molar-refractivity contribution in [2.45, 2.75) is 25.8 Å². The third-order valence-electron chi connectivity index (χ3n) is 4.30. The average Bonchev–Trinajstić information content (AvgIpc) is 2.98. The fourth-order valence-electron chi connectivity index (χ4n) is 3.08. The normalized spacial score (nSPS) is 18.3. The van der Waals surface area contributed by atoms with Crippen molar-refractivity contribution in [2.24, 2.45) is 0 Å². The van der Waals surface area contributed by atoms with Crippen LogP contribution in [0.3, 0.4) is 0 Å². The van der Waals surface area contributed by atoms with Crippen molar-refractivity contribution < 1.29 is 14.3 Å². The van der Waals surface area contributed by atoms with Gasteiger partial charge in [0.25, 0.3) is 5.91 Å². The maximum Gasteiger partial charge on any atom is 0.291 e. The first kappa shape index (κ1) is 17.5. The van der Waals surface area contributed by atoms with Crippen LogP contribution in [0.1, 0.15) is 29.3 Å². The Morgan fingerprint density at radius 2 is 2.16 bits per heavy atom. The van der Waals surface area contributed by atoms with E-state index in [9.17, 15) is 9.18 Å². The van der Waals surface area contributed by atoms with E-state index in [0.29, 0.717) is 24.6 Å². The summed E-state index contributed by atoms with van der Waals surface area (Å²) in [7, 11) is 0. The summed E-state index contributed by atoms with van der Waals surface area (Å²) < 4.78 is 14.6. The Bertz CT molecular complexity index is 729. The van der Waals surface area contributed by atoms with Gasteiger partial charge in [0, 0.05) is 19.1 Å². The molecule has 1 saturated heterocycles. The van der Waals surface area contributed by atoms with Gasteiger partial charge in [0.05, 0.1) is 12.3 Å². The summed E-state index contributed by atoms with van der Waals surface area (Å²) in [6.07, 6.45) is 1.87. The van der Waals surface area contributed by atoms with Crippen LogP contribution in [-0.2, 0) is 0 Å². The van der Waals surface area contributed by atoms with Gasteiger partial charge in [0.15, 0.2) is 0 Å². The zero-order valence-electron chi connectivity index (χ0n) is 14.2. The number of piperidine rings is 1. The zero-order chi connectivity index (χ0) is 17.8. The van der Waals surface area contributed by atoms with Gasteiger partial charge < -0.3 is 10.4 Å². The first-order chi connectivity index (χ1) is 12.1. The van der Waals surface area contributed by atoms with E-state index in [-0.39, 0.29) is 30.2 Å². The lowest BCUT2D eigenvalue weighted by Crippen LogP contribution is -2.48. The summed E-state index contributed by atoms with van der Waals surface area (Å²) in [6.45, 7) is 4.12. The van der Waals surface area contributed by atoms with Crippen LogP contribution in [0.2, 0.25) is 0 Å². The van der Waals surface area contributed by atoms with E-state index < -0.39 is 0 Å². The Morgan fingerprint density at radius 1 is 1.40 bits per heavy atom. The summed E-state index contributed by atoms with van der Waals surface area (Å²) in [6, 6.07) is 5.88. The van der Waals surface area contributed by atoms with Crippen LogP contribution in [0.5, 0.6) is 0 Å². The van der Waals surface area contributed by atoms with Gasteiger partial charge in [0.2, 0.25) is 5.82 Å². The number of aliphatic hydroxyl groups excluding tert-OH is 1. The van der Waals surface area contributed by atoms with E-state index in [2.05, 4.69) is 20.3 Å². The zero-order valence-corrected chi connectivity index (χ0v) is 14.2. The van der Waals surface area contributed by atoms with Gasteiger partial charge in [-0.2, -0.15) is 0 Å². The van der Waals surface area contributed by atoms with Gasteiger partial charge in [-0.25, -0.2) is 14.1 Å². The second-order valence-corrected chi connectivity index (χ2v) is 6.21. The summed E-state index contributed by atoms with van der Waals surface area (Å²) >= 11 is 0. The summed E-state index contributed by atoms with van der Waals surface area (Å²) in [5.74, 6) is 0.00689. The molecule has 2 aromatic rings. The number of nitrogens with one attached hydrogen (secondary N) is 1. The van der Waals surface area contributed by atoms with E-state index in [4.69, 9.17) is 5.11 Å². The predicted octanol–water partition coefficient (Wildman–Crippen LogP) is 0.901. The number of hydrogen-bond acceptors (Lipinski definition) is 5. The van der Waals surface area contributed by atoms with Gasteiger partial charge >= 0.3 is 0 Å². The van der Waals surface area contributed by atoms with Gasteiger partial charge in [-0.05, 0) is 50.6 Å². The monoisotopic (exact) mass is 347 g/mol. The number of carbonyl (C=O) groups excluding carboxylic acids is 1. The molecular formula is C17H22FN5O2. The molecule has 8 heteroatoms. The minimum absolute atomic E-state index is 0.0193. The topological polar surface area (TPSA) is 83.3 Å². The molecule has 1 aromatic carbocycles. The number of amides is 1. The van der Waals surface area contributed by atoms with E-state index in [1.807, 2.05) is 0 Å². The second-order valence-electron chi connectivity index (χ2n) is 6.21. The molecule has 1 amide bonds. The largest absolute Gasteiger partial charge is 0.395 e. The summed E-state index contributed by atoms with van der Waals surface area (Å²) in [5, 5.41) is 16.3. The number of aliphatic hydroxyl groups is 1. The minimum Gasteiger partial charge on any atom is -0.395 e. The Balaban J connectivity index is 1.68. The van der Waals surface area contributed by atoms with Crippen LogP contribution >= 0.6 is 0 Å². The van der Waals surface area contributed by atoms with Crippen LogP contribution in [0.4, 0.5) is 4.39 Å². The fraction of sp³-hybridized carbons (Fsp3) is 0.471. The lowest BCUT2D eigenvalue weighted by Gasteiger charge is -2.32. The Labute approximate surface area is 145 Å². The van der Waals surface area contributed by atoms with Crippen LogP contribution in [-0.4, -0.2) is 63.0 Å². The fourth-order valence-corrected chi connectivity index (χ4v) is 3.08. The molecule has 1 atom stereocenters. The number of hydrogen-bond donors (Lipinski definition) is 2. The van der Waals surface area contributed by atoms with Crippen molar-refractivity contribution in [3.63, 3.8) is 0 Å². The molecule has 1 fully saturated rings. The van der Waals surface area contributed by atoms with Crippen molar-refractivity contribution in [1.29, 1.82) is 0 Å². The first-order valence-electron chi connectivity index (χ1n) is 8.40. The highest BCUT2D eigenvalue weighted by molar-refractivity contribution is 5.90. The van der Waals surface area contributed by atoms with Crippen molar-refractivity contribution in [2.75, 3.05) is 26.2 Å². The van der Waals surface area contributed by atoms with Crippen molar-refractivity contribution in [3.05, 3.63) is 41.7 Å². The molecule has 2 heterocycles. The van der Waals surface area contributed by atoms with E-state index >= 15 is 0 Å². The number of halogens is 1. The van der Waals surface area contributed by atoms with Crippen molar-refractivity contribution >= 4 is 5.91 Å². The standard InChI is InChI=1S/C17H22FN5O2/c1-12-19-16(21-23(12)15-6-4-13(18)5-7-15)17(25)20-14-3-2-8-22(11-14)9-10-24/h4-7,14,24H,2-3,8-11H2,1H3,(H,20,25).